The summed E-state index contributed by atoms with van der Waals surface area (Å²) in [5, 5.41) is 17.6. The van der Waals surface area contributed by atoms with Gasteiger partial charge in [0.2, 0.25) is 0 Å². The summed E-state index contributed by atoms with van der Waals surface area (Å²) in [6, 6.07) is 2.73. The lowest BCUT2D eigenvalue weighted by atomic mass is 9.80. The van der Waals surface area contributed by atoms with Crippen LogP contribution in [0.1, 0.15) is 5.56 Å². The van der Waals surface area contributed by atoms with Gasteiger partial charge in [0.15, 0.2) is 0 Å². The third-order valence-corrected chi connectivity index (χ3v) is 2.11. The van der Waals surface area contributed by atoms with E-state index in [1.54, 1.807) is 6.92 Å². The first kappa shape index (κ1) is 9.70. The lowest BCUT2D eigenvalue weighted by Gasteiger charge is -2.03. The largest absolute Gasteiger partial charge is 0.488 e. The highest BCUT2D eigenvalue weighted by Crippen LogP contribution is 2.16. The molecule has 0 radical (unpaired) electrons. The molecule has 0 fully saturated rings. The predicted molar refractivity (Wildman–Crippen MR) is 48.7 cm³/mol. The zero-order valence-corrected chi connectivity index (χ0v) is 7.97. The van der Waals surface area contributed by atoms with Gasteiger partial charge in [-0.1, -0.05) is 6.07 Å². The lowest BCUT2D eigenvalue weighted by molar-refractivity contribution is 0.425. The van der Waals surface area contributed by atoms with Crippen LogP contribution in [0.3, 0.4) is 0 Å². The minimum absolute atomic E-state index is 0.241. The first-order chi connectivity index (χ1) is 5.52. The maximum Gasteiger partial charge on any atom is 0.488 e. The second-order valence-electron chi connectivity index (χ2n) is 2.51. The van der Waals surface area contributed by atoms with E-state index in [-0.39, 0.29) is 15.8 Å². The number of rotatable bonds is 1. The Hall–Kier alpha value is -0.385. The van der Waals surface area contributed by atoms with Gasteiger partial charge in [-0.3, -0.25) is 0 Å². The molecule has 1 rings (SSSR count). The number of halogens is 2. The highest BCUT2D eigenvalue weighted by Gasteiger charge is 2.14. The second-order valence-corrected chi connectivity index (χ2v) is 3.36. The van der Waals surface area contributed by atoms with Crippen LogP contribution in [0.4, 0.5) is 4.39 Å². The molecule has 5 heteroatoms. The molecule has 0 atom stereocenters. The van der Waals surface area contributed by atoms with Gasteiger partial charge in [0, 0.05) is 0 Å². The van der Waals surface area contributed by atoms with Crippen LogP contribution >= 0.6 is 15.9 Å². The van der Waals surface area contributed by atoms with Gasteiger partial charge in [0.05, 0.1) is 4.47 Å². The lowest BCUT2D eigenvalue weighted by Crippen LogP contribution is -2.30. The fraction of sp³-hybridized carbons (Fsp3) is 0.143. The van der Waals surface area contributed by atoms with E-state index >= 15 is 0 Å². The Morgan fingerprint density at radius 1 is 1.42 bits per heavy atom. The molecule has 0 unspecified atom stereocenters. The van der Waals surface area contributed by atoms with E-state index in [9.17, 15) is 4.39 Å². The van der Waals surface area contributed by atoms with Crippen molar-refractivity contribution < 1.29 is 14.4 Å². The van der Waals surface area contributed by atoms with Gasteiger partial charge < -0.3 is 10.0 Å². The van der Waals surface area contributed by atoms with Crippen LogP contribution in [-0.4, -0.2) is 17.2 Å². The highest BCUT2D eigenvalue weighted by atomic mass is 79.9. The normalized spacial score (nSPS) is 10.1. The third kappa shape index (κ3) is 1.85. The fourth-order valence-corrected chi connectivity index (χ4v) is 1.48. The van der Waals surface area contributed by atoms with Crippen LogP contribution < -0.4 is 5.46 Å². The van der Waals surface area contributed by atoms with Gasteiger partial charge in [-0.2, -0.15) is 0 Å². The molecule has 1 aromatic rings. The van der Waals surface area contributed by atoms with E-state index in [0.717, 1.165) is 0 Å². The SMILES string of the molecule is Cc1cc(B(O)O)cc(Br)c1F. The summed E-state index contributed by atoms with van der Waals surface area (Å²) in [5.74, 6) is -0.376. The van der Waals surface area contributed by atoms with E-state index in [4.69, 9.17) is 10.0 Å². The first-order valence-corrected chi connectivity index (χ1v) is 4.13. The first-order valence-electron chi connectivity index (χ1n) is 3.34. The van der Waals surface area contributed by atoms with E-state index in [1.807, 2.05) is 0 Å². The topological polar surface area (TPSA) is 40.5 Å². The molecule has 0 aliphatic heterocycles. The predicted octanol–water partition coefficient (Wildman–Crippen LogP) is 0.576. The van der Waals surface area contributed by atoms with Crippen LogP contribution in [0.2, 0.25) is 0 Å². The molecule has 0 aromatic heterocycles. The summed E-state index contributed by atoms with van der Waals surface area (Å²) in [6.07, 6.45) is 0. The number of benzene rings is 1. The molecule has 2 nitrogen and oxygen atoms in total. The van der Waals surface area contributed by atoms with E-state index in [2.05, 4.69) is 15.9 Å². The molecular formula is C7H7BBrFO2. The summed E-state index contributed by atoms with van der Waals surface area (Å²) in [5.41, 5.74) is 0.660. The van der Waals surface area contributed by atoms with Gasteiger partial charge in [0.1, 0.15) is 5.82 Å². The monoisotopic (exact) mass is 232 g/mol. The maximum atomic E-state index is 13.0. The van der Waals surface area contributed by atoms with Crippen LogP contribution in [0.25, 0.3) is 0 Å². The van der Waals surface area contributed by atoms with Crippen molar-refractivity contribution in [1.29, 1.82) is 0 Å². The number of hydrogen-bond acceptors (Lipinski definition) is 2. The van der Waals surface area contributed by atoms with E-state index in [1.165, 1.54) is 12.1 Å². The molecule has 1 aromatic carbocycles. The summed E-state index contributed by atoms with van der Waals surface area (Å²) in [6.45, 7) is 1.56. The fourth-order valence-electron chi connectivity index (χ4n) is 0.902. The van der Waals surface area contributed by atoms with Gasteiger partial charge in [-0.15, -0.1) is 0 Å². The van der Waals surface area contributed by atoms with Crippen molar-refractivity contribution >= 4 is 28.5 Å². The van der Waals surface area contributed by atoms with Crippen LogP contribution in [-0.2, 0) is 0 Å². The molecular weight excluding hydrogens is 226 g/mol. The van der Waals surface area contributed by atoms with Gasteiger partial charge in [-0.25, -0.2) is 4.39 Å². The molecule has 0 aliphatic rings. The van der Waals surface area contributed by atoms with Crippen molar-refractivity contribution in [2.24, 2.45) is 0 Å². The van der Waals surface area contributed by atoms with Crippen LogP contribution in [0.15, 0.2) is 16.6 Å². The van der Waals surface area contributed by atoms with Crippen LogP contribution in [0.5, 0.6) is 0 Å². The van der Waals surface area contributed by atoms with Gasteiger partial charge in [-0.05, 0) is 39.9 Å². The molecule has 0 heterocycles. The Labute approximate surface area is 78.3 Å². The van der Waals surface area contributed by atoms with Crippen molar-refractivity contribution in [3.8, 4) is 0 Å². The quantitative estimate of drug-likeness (QED) is 0.696. The molecule has 0 aliphatic carbocycles. The zero-order valence-electron chi connectivity index (χ0n) is 6.38. The zero-order chi connectivity index (χ0) is 9.30. The van der Waals surface area contributed by atoms with Crippen molar-refractivity contribution in [1.82, 2.24) is 0 Å². The Morgan fingerprint density at radius 2 is 2.00 bits per heavy atom. The Balaban J connectivity index is 3.21. The molecule has 64 valence electrons. The van der Waals surface area contributed by atoms with Crippen molar-refractivity contribution in [2.45, 2.75) is 6.92 Å². The average Bonchev–Trinajstić information content (AvgIpc) is 1.99. The maximum absolute atomic E-state index is 13.0. The molecule has 0 saturated carbocycles. The average molecular weight is 233 g/mol. The Morgan fingerprint density at radius 3 is 2.42 bits per heavy atom. The molecule has 0 amide bonds. The third-order valence-electron chi connectivity index (χ3n) is 1.53. The highest BCUT2D eigenvalue weighted by molar-refractivity contribution is 9.10. The summed E-state index contributed by atoms with van der Waals surface area (Å²) >= 11 is 2.97. The number of aryl methyl sites for hydroxylation is 1. The van der Waals surface area contributed by atoms with Gasteiger partial charge >= 0.3 is 7.12 Å². The van der Waals surface area contributed by atoms with Crippen molar-refractivity contribution in [3.63, 3.8) is 0 Å². The second kappa shape index (κ2) is 3.55. The molecule has 2 N–H and O–H groups in total. The van der Waals surface area contributed by atoms with Crippen molar-refractivity contribution in [2.75, 3.05) is 0 Å². The smallest absolute Gasteiger partial charge is 0.423 e. The molecule has 0 spiro atoms. The minimum Gasteiger partial charge on any atom is -0.423 e. The minimum atomic E-state index is -1.56. The molecule has 12 heavy (non-hydrogen) atoms. The Bertz CT molecular complexity index is 280. The summed E-state index contributed by atoms with van der Waals surface area (Å²) < 4.78 is 13.2. The summed E-state index contributed by atoms with van der Waals surface area (Å²) in [7, 11) is -1.56. The molecule has 0 bridgehead atoms. The Kier molecular flexibility index (Phi) is 2.87. The molecule has 0 saturated heterocycles. The van der Waals surface area contributed by atoms with E-state index in [0.29, 0.717) is 5.56 Å². The van der Waals surface area contributed by atoms with Crippen molar-refractivity contribution in [3.05, 3.63) is 28.0 Å². The van der Waals surface area contributed by atoms with Crippen LogP contribution in [0, 0.1) is 12.7 Å². The number of hydrogen-bond donors (Lipinski definition) is 2. The van der Waals surface area contributed by atoms with Gasteiger partial charge in [0.25, 0.3) is 0 Å². The summed E-state index contributed by atoms with van der Waals surface area (Å²) in [4.78, 5) is 0. The standard InChI is InChI=1S/C7H7BBrFO2/c1-4-2-5(8(11)12)3-6(9)7(4)10/h2-3,11-12H,1H3. The van der Waals surface area contributed by atoms with E-state index < -0.39 is 7.12 Å².